The highest BCUT2D eigenvalue weighted by Gasteiger charge is 2.42. The number of nitrogens with two attached hydrogens (primary N) is 1. The van der Waals surface area contributed by atoms with Gasteiger partial charge < -0.3 is 26.6 Å². The van der Waals surface area contributed by atoms with Gasteiger partial charge in [0.25, 0.3) is 0 Å². The van der Waals surface area contributed by atoms with Gasteiger partial charge in [0.1, 0.15) is 6.04 Å². The maximum absolute atomic E-state index is 11.1. The molecule has 25 heavy (non-hydrogen) atoms. The van der Waals surface area contributed by atoms with Gasteiger partial charge in [-0.3, -0.25) is 9.59 Å². The molecule has 0 bridgehead atoms. The van der Waals surface area contributed by atoms with E-state index in [4.69, 9.17) is 15.9 Å². The van der Waals surface area contributed by atoms with Crippen LogP contribution in [0.2, 0.25) is 0 Å². The first kappa shape index (κ1) is 21.9. The van der Waals surface area contributed by atoms with E-state index < -0.39 is 18.0 Å². The van der Waals surface area contributed by atoms with Crippen LogP contribution in [0.4, 0.5) is 4.79 Å². The van der Waals surface area contributed by atoms with Gasteiger partial charge >= 0.3 is 18.0 Å². The van der Waals surface area contributed by atoms with Crippen LogP contribution < -0.4 is 16.4 Å². The topological polar surface area (TPSA) is 142 Å². The minimum atomic E-state index is -0.913. The first-order chi connectivity index (χ1) is 11.8. The summed E-state index contributed by atoms with van der Waals surface area (Å²) in [6.45, 7) is 0. The van der Waals surface area contributed by atoms with Crippen LogP contribution in [-0.2, 0) is 9.59 Å². The van der Waals surface area contributed by atoms with Crippen molar-refractivity contribution in [3.63, 3.8) is 0 Å². The van der Waals surface area contributed by atoms with E-state index in [9.17, 15) is 14.4 Å². The number of carboxylic acid groups (broad SMARTS) is 2. The number of hydrogen-bond acceptors (Lipinski definition) is 6. The van der Waals surface area contributed by atoms with Crippen LogP contribution in [0.25, 0.3) is 0 Å². The molecule has 2 rings (SSSR count). The Hall–Kier alpha value is -1.13. The van der Waals surface area contributed by atoms with Gasteiger partial charge in [0.15, 0.2) is 0 Å². The fraction of sp³-hybridized carbons (Fsp3) is 0.800. The predicted octanol–water partition coefficient (Wildman–Crippen LogP) is 0.948. The Morgan fingerprint density at radius 3 is 2.68 bits per heavy atom. The molecule has 0 aromatic rings. The van der Waals surface area contributed by atoms with E-state index in [-0.39, 0.29) is 24.5 Å². The summed E-state index contributed by atoms with van der Waals surface area (Å²) in [7, 11) is 0. The Morgan fingerprint density at radius 2 is 2.08 bits per heavy atom. The molecule has 2 amide bonds. The van der Waals surface area contributed by atoms with Crippen LogP contribution in [0.1, 0.15) is 32.1 Å². The van der Waals surface area contributed by atoms with Crippen LogP contribution >= 0.6 is 23.5 Å². The van der Waals surface area contributed by atoms with Gasteiger partial charge in [-0.15, -0.1) is 0 Å². The van der Waals surface area contributed by atoms with Crippen LogP contribution in [0, 0.1) is 0 Å². The van der Waals surface area contributed by atoms with Gasteiger partial charge in [0.2, 0.25) is 0 Å². The van der Waals surface area contributed by atoms with E-state index in [2.05, 4.69) is 10.6 Å². The Bertz CT molecular complexity index is 466. The molecule has 2 aliphatic heterocycles. The van der Waals surface area contributed by atoms with E-state index in [1.165, 1.54) is 0 Å². The Balaban J connectivity index is 0.000000299. The molecular formula is C15H27N3O5S2. The highest BCUT2D eigenvalue weighted by molar-refractivity contribution is 8.00. The van der Waals surface area contributed by atoms with Gasteiger partial charge in [-0.25, -0.2) is 4.79 Å². The predicted molar refractivity (Wildman–Crippen MR) is 100 cm³/mol. The number of rotatable bonds is 9. The lowest BCUT2D eigenvalue weighted by Crippen LogP contribution is -2.36. The maximum Gasteiger partial charge on any atom is 0.320 e. The fourth-order valence-corrected chi connectivity index (χ4v) is 4.67. The second kappa shape index (κ2) is 11.5. The molecule has 2 aliphatic rings. The zero-order valence-electron chi connectivity index (χ0n) is 14.3. The van der Waals surface area contributed by atoms with Gasteiger partial charge in [0, 0.05) is 17.4 Å². The molecule has 0 spiro atoms. The number of fused-ring (bicyclic) bond motifs is 1. The molecule has 0 radical (unpaired) electrons. The third kappa shape index (κ3) is 8.19. The highest BCUT2D eigenvalue weighted by atomic mass is 32.2. The van der Waals surface area contributed by atoms with E-state index in [0.717, 1.165) is 30.8 Å². The van der Waals surface area contributed by atoms with Crippen LogP contribution in [-0.4, -0.2) is 69.3 Å². The van der Waals surface area contributed by atoms with E-state index >= 15 is 0 Å². The average Bonchev–Trinajstić information content (AvgIpc) is 3.09. The molecule has 2 saturated heterocycles. The average molecular weight is 394 g/mol. The van der Waals surface area contributed by atoms with Crippen LogP contribution in [0.15, 0.2) is 0 Å². The molecule has 0 saturated carbocycles. The Morgan fingerprint density at radius 1 is 1.36 bits per heavy atom. The van der Waals surface area contributed by atoms with Crippen molar-refractivity contribution in [1.29, 1.82) is 0 Å². The zero-order chi connectivity index (χ0) is 18.8. The second-order valence-electron chi connectivity index (χ2n) is 5.99. The number of urea groups is 1. The van der Waals surface area contributed by atoms with E-state index in [0.29, 0.717) is 11.7 Å². The number of hydrogen-bond donors (Lipinski definition) is 5. The molecule has 10 heteroatoms. The normalized spacial score (nSPS) is 25.2. The van der Waals surface area contributed by atoms with Gasteiger partial charge in [-0.1, -0.05) is 6.42 Å². The monoisotopic (exact) mass is 393 g/mol. The molecule has 144 valence electrons. The lowest BCUT2D eigenvalue weighted by Gasteiger charge is -2.16. The fourth-order valence-electron chi connectivity index (χ4n) is 2.63. The number of amides is 2. The smallest absolute Gasteiger partial charge is 0.320 e. The number of carbonyl (C=O) groups excluding carboxylic acids is 1. The summed E-state index contributed by atoms with van der Waals surface area (Å²) in [5, 5.41) is 23.1. The van der Waals surface area contributed by atoms with Gasteiger partial charge in [0.05, 0.1) is 12.1 Å². The van der Waals surface area contributed by atoms with Crippen LogP contribution in [0.5, 0.6) is 0 Å². The van der Waals surface area contributed by atoms with Crippen molar-refractivity contribution >= 4 is 41.5 Å². The van der Waals surface area contributed by atoms with Crippen molar-refractivity contribution in [2.24, 2.45) is 5.73 Å². The minimum absolute atomic E-state index is 0.0640. The molecular weight excluding hydrogens is 366 g/mol. The van der Waals surface area contributed by atoms with Crippen molar-refractivity contribution in [2.75, 3.05) is 17.8 Å². The molecule has 0 aliphatic carbocycles. The molecule has 0 aromatic heterocycles. The zero-order valence-corrected chi connectivity index (χ0v) is 15.9. The van der Waals surface area contributed by atoms with Crippen molar-refractivity contribution in [3.8, 4) is 0 Å². The summed E-state index contributed by atoms with van der Waals surface area (Å²) < 4.78 is 0. The number of unbranched alkanes of at least 4 members (excludes halogenated alkanes) is 1. The molecule has 2 heterocycles. The molecule has 2 fully saturated rings. The van der Waals surface area contributed by atoms with Crippen molar-refractivity contribution in [3.05, 3.63) is 0 Å². The van der Waals surface area contributed by atoms with Gasteiger partial charge in [-0.2, -0.15) is 23.5 Å². The summed E-state index contributed by atoms with van der Waals surface area (Å²) in [5.41, 5.74) is 5.19. The summed E-state index contributed by atoms with van der Waals surface area (Å²) in [4.78, 5) is 31.5. The lowest BCUT2D eigenvalue weighted by molar-refractivity contribution is -0.139. The number of thioether (sulfide) groups is 2. The summed E-state index contributed by atoms with van der Waals surface area (Å²) in [5.74, 6) is 0.136. The molecule has 0 unspecified atom stereocenters. The van der Waals surface area contributed by atoms with E-state index in [1.54, 1.807) is 11.8 Å². The van der Waals surface area contributed by atoms with Crippen molar-refractivity contribution < 1.29 is 24.6 Å². The van der Waals surface area contributed by atoms with Gasteiger partial charge in [-0.05, 0) is 31.3 Å². The summed E-state index contributed by atoms with van der Waals surface area (Å²) in [6.07, 6.45) is 5.36. The highest BCUT2D eigenvalue weighted by Crippen LogP contribution is 2.33. The van der Waals surface area contributed by atoms with E-state index in [1.807, 2.05) is 18.0 Å². The standard InChI is InChI=1S/C10H16N2O3S.C5H11NO2S/c13-8(14)4-2-1-3-7-9-6(5-16-7)11-10(15)12-9;1-9-3-2-4(6)5(7)8/h6-7,9H,1-5H2,(H,13,14)(H2,11,12,15);4H,2-3,6H2,1H3,(H,7,8)/t6-,7-,9-;4-/m00/s1. The summed E-state index contributed by atoms with van der Waals surface area (Å²) >= 11 is 3.47. The first-order valence-corrected chi connectivity index (χ1v) is 10.7. The molecule has 6 N–H and O–H groups in total. The number of aliphatic carboxylic acids is 2. The molecule has 0 aromatic carbocycles. The number of nitrogens with one attached hydrogen (secondary N) is 2. The molecule has 4 atom stereocenters. The number of carbonyl (C=O) groups is 3. The second-order valence-corrected chi connectivity index (χ2v) is 8.25. The third-order valence-corrected chi connectivity index (χ3v) is 6.17. The lowest BCUT2D eigenvalue weighted by atomic mass is 10.0. The maximum atomic E-state index is 11.1. The first-order valence-electron chi connectivity index (χ1n) is 8.23. The molecule has 8 nitrogen and oxygen atoms in total. The minimum Gasteiger partial charge on any atom is -0.481 e. The summed E-state index contributed by atoms with van der Waals surface area (Å²) in [6, 6.07) is -0.243. The Kier molecular flexibility index (Phi) is 10.1. The largest absolute Gasteiger partial charge is 0.481 e. The quantitative estimate of drug-likeness (QED) is 0.288. The third-order valence-electron chi connectivity index (χ3n) is 4.02. The number of carboxylic acids is 2. The van der Waals surface area contributed by atoms with Crippen LogP contribution in [0.3, 0.4) is 0 Å². The Labute approximate surface area is 156 Å². The SMILES string of the molecule is CSCC[C@H](N)C(=O)O.O=C(O)CCCC[C@@H]1SC[C@@H]2NC(=O)N[C@@H]21. The van der Waals surface area contributed by atoms with Crippen molar-refractivity contribution in [2.45, 2.75) is 55.5 Å². The van der Waals surface area contributed by atoms with Crippen molar-refractivity contribution in [1.82, 2.24) is 10.6 Å².